The van der Waals surface area contributed by atoms with Gasteiger partial charge < -0.3 is 52.8 Å². The Balaban J connectivity index is 1.14. The Morgan fingerprint density at radius 1 is 0.538 bits per heavy atom. The van der Waals surface area contributed by atoms with Crippen LogP contribution in [0.5, 0.6) is 46.0 Å². The summed E-state index contributed by atoms with van der Waals surface area (Å²) in [7, 11) is 6.31. The van der Waals surface area contributed by atoms with Gasteiger partial charge in [0.1, 0.15) is 24.4 Å². The maximum atomic E-state index is 11.1. The lowest BCUT2D eigenvalue weighted by Gasteiger charge is -2.24. The zero-order valence-electron chi connectivity index (χ0n) is 30.8. The topological polar surface area (TPSA) is 124 Å². The predicted molar refractivity (Wildman–Crippen MR) is 193 cm³/mol. The molecule has 8 atom stereocenters. The Labute approximate surface area is 304 Å². The molecule has 52 heavy (non-hydrogen) atoms. The molecule has 0 aromatic heterocycles. The molecule has 0 aliphatic carbocycles. The number of benzene rings is 4. The lowest BCUT2D eigenvalue weighted by Crippen LogP contribution is -2.22. The number of aliphatic hydroxyl groups is 2. The van der Waals surface area contributed by atoms with Gasteiger partial charge in [-0.25, -0.2) is 0 Å². The number of ether oxygens (including phenoxy) is 9. The van der Waals surface area contributed by atoms with Gasteiger partial charge in [0.25, 0.3) is 0 Å². The molecule has 2 heterocycles. The minimum absolute atomic E-state index is 0.164. The van der Waals surface area contributed by atoms with Crippen LogP contribution in [0.2, 0.25) is 0 Å². The van der Waals surface area contributed by atoms with E-state index in [-0.39, 0.29) is 30.8 Å². The van der Waals surface area contributed by atoms with Gasteiger partial charge in [-0.2, -0.15) is 0 Å². The summed E-state index contributed by atoms with van der Waals surface area (Å²) in [6, 6.07) is 22.2. The van der Waals surface area contributed by atoms with Gasteiger partial charge in [0.15, 0.2) is 46.0 Å². The summed E-state index contributed by atoms with van der Waals surface area (Å²) in [6.45, 7) is 8.14. The molecule has 11 heteroatoms. The average Bonchev–Trinajstić information content (AvgIpc) is 3.77. The molecule has 4 aromatic rings. The Morgan fingerprint density at radius 3 is 1.50 bits per heavy atom. The second-order valence-corrected chi connectivity index (χ2v) is 13.3. The first-order valence-corrected chi connectivity index (χ1v) is 17.4. The van der Waals surface area contributed by atoms with E-state index in [2.05, 4.69) is 13.8 Å². The van der Waals surface area contributed by atoms with Crippen LogP contribution < -0.4 is 37.9 Å². The fourth-order valence-corrected chi connectivity index (χ4v) is 6.84. The second kappa shape index (κ2) is 15.8. The van der Waals surface area contributed by atoms with Gasteiger partial charge in [-0.1, -0.05) is 38.1 Å². The highest BCUT2D eigenvalue weighted by atomic mass is 16.7. The fraction of sp³-hybridized carbons (Fsp3) is 0.415. The van der Waals surface area contributed by atoms with E-state index in [1.807, 2.05) is 43.3 Å². The van der Waals surface area contributed by atoms with Gasteiger partial charge in [0, 0.05) is 0 Å². The fourth-order valence-electron chi connectivity index (χ4n) is 6.84. The van der Waals surface area contributed by atoms with E-state index in [0.717, 1.165) is 11.1 Å². The Bertz CT molecular complexity index is 1840. The molecule has 4 aromatic carbocycles. The maximum Gasteiger partial charge on any atom is 0.231 e. The van der Waals surface area contributed by atoms with Crippen LogP contribution in [0.25, 0.3) is 0 Å². The van der Waals surface area contributed by atoms with Crippen molar-refractivity contribution in [3.63, 3.8) is 0 Å². The highest BCUT2D eigenvalue weighted by Crippen LogP contribution is 2.51. The molecule has 0 spiro atoms. The minimum atomic E-state index is -0.930. The van der Waals surface area contributed by atoms with Crippen LogP contribution in [0.3, 0.4) is 0 Å². The van der Waals surface area contributed by atoms with Crippen LogP contribution in [-0.4, -0.2) is 57.7 Å². The van der Waals surface area contributed by atoms with E-state index in [1.54, 1.807) is 71.8 Å². The molecule has 0 unspecified atom stereocenters. The molecule has 0 bridgehead atoms. The largest absolute Gasteiger partial charge is 0.493 e. The minimum Gasteiger partial charge on any atom is -0.493 e. The lowest BCUT2D eigenvalue weighted by molar-refractivity contribution is 0.0281. The Kier molecular flexibility index (Phi) is 11.2. The summed E-state index contributed by atoms with van der Waals surface area (Å²) in [5, 5.41) is 22.2. The van der Waals surface area contributed by atoms with Crippen LogP contribution in [0.1, 0.15) is 74.4 Å². The zero-order valence-corrected chi connectivity index (χ0v) is 30.8. The van der Waals surface area contributed by atoms with Crippen LogP contribution in [0.15, 0.2) is 72.8 Å². The van der Waals surface area contributed by atoms with Gasteiger partial charge in [-0.3, -0.25) is 0 Å². The number of hydrogen-bond acceptors (Lipinski definition) is 11. The molecule has 2 aliphatic rings. The van der Waals surface area contributed by atoms with Gasteiger partial charge in [-0.15, -0.1) is 0 Å². The highest BCUT2D eigenvalue weighted by molar-refractivity contribution is 5.48. The number of aliphatic hydroxyl groups excluding tert-OH is 2. The quantitative estimate of drug-likeness (QED) is 0.135. The molecule has 11 nitrogen and oxygen atoms in total. The molecule has 2 aliphatic heterocycles. The summed E-state index contributed by atoms with van der Waals surface area (Å²) in [6.07, 6.45) is -3.43. The van der Waals surface area contributed by atoms with Gasteiger partial charge in [0.2, 0.25) is 6.79 Å². The second-order valence-electron chi connectivity index (χ2n) is 13.3. The third-order valence-corrected chi connectivity index (χ3v) is 10.1. The molecule has 278 valence electrons. The van der Waals surface area contributed by atoms with Crippen LogP contribution in [0, 0.1) is 11.8 Å². The third-order valence-electron chi connectivity index (χ3n) is 10.1. The number of rotatable bonds is 14. The first-order chi connectivity index (χ1) is 25.1. The zero-order chi connectivity index (χ0) is 37.1. The summed E-state index contributed by atoms with van der Waals surface area (Å²) in [4.78, 5) is 0. The van der Waals surface area contributed by atoms with Crippen molar-refractivity contribution in [3.05, 3.63) is 95.1 Å². The number of methoxy groups -OCH3 is 4. The molecular weight excluding hydrogens is 668 g/mol. The smallest absolute Gasteiger partial charge is 0.231 e. The standard InChI is InChI=1S/C41H48O11/c1-22-23(2)41(29-12-16-33(36(20-29)47-8)51-25(4)39(43)27-10-14-31-37(18-27)49-21-48-31)52-40(22)28-11-15-32(35(19-28)46-7)50-24(3)38(42)26-9-13-30(44-5)34(17-26)45-6/h9-20,22-25,38-43H,21H2,1-8H3/t22-,23+,24+,25+,38+,39+,40-,41+/m1/s1. The van der Waals surface area contributed by atoms with E-state index in [1.165, 1.54) is 0 Å². The van der Waals surface area contributed by atoms with Gasteiger partial charge in [0.05, 0.1) is 40.6 Å². The Morgan fingerprint density at radius 2 is 0.981 bits per heavy atom. The molecule has 0 radical (unpaired) electrons. The first kappa shape index (κ1) is 36.9. The molecule has 1 fully saturated rings. The molecule has 0 saturated carbocycles. The third kappa shape index (κ3) is 7.39. The van der Waals surface area contributed by atoms with Crippen molar-refractivity contribution in [3.8, 4) is 46.0 Å². The normalized spacial score (nSPS) is 21.5. The summed E-state index contributed by atoms with van der Waals surface area (Å²) in [5.74, 6) is 4.80. The summed E-state index contributed by atoms with van der Waals surface area (Å²) >= 11 is 0. The van der Waals surface area contributed by atoms with E-state index < -0.39 is 24.4 Å². The lowest BCUT2D eigenvalue weighted by atomic mass is 9.85. The van der Waals surface area contributed by atoms with E-state index in [9.17, 15) is 10.2 Å². The summed E-state index contributed by atoms with van der Waals surface area (Å²) in [5.41, 5.74) is 3.22. The molecule has 6 rings (SSSR count). The molecule has 1 saturated heterocycles. The van der Waals surface area contributed by atoms with Crippen LogP contribution in [0.4, 0.5) is 0 Å². The van der Waals surface area contributed by atoms with Crippen molar-refractivity contribution in [1.82, 2.24) is 0 Å². The molecule has 2 N–H and O–H groups in total. The SMILES string of the molecule is COc1ccc([C@@H](O)[C@H](C)Oc2ccc([C@@H]3O[C@H](c4ccc(O[C@@H](C)[C@H](O)c5ccc6c(c5)OCO6)c(OC)c4)[C@@H](C)[C@H]3C)cc2OC)cc1OC. The van der Waals surface area contributed by atoms with Crippen LogP contribution in [-0.2, 0) is 4.74 Å². The van der Waals surface area contributed by atoms with E-state index in [0.29, 0.717) is 57.1 Å². The predicted octanol–water partition coefficient (Wildman–Crippen LogP) is 7.54. The average molecular weight is 717 g/mol. The van der Waals surface area contributed by atoms with Crippen molar-refractivity contribution in [2.75, 3.05) is 35.2 Å². The summed E-state index contributed by atoms with van der Waals surface area (Å²) < 4.78 is 52.3. The van der Waals surface area contributed by atoms with Gasteiger partial charge >= 0.3 is 0 Å². The van der Waals surface area contributed by atoms with Crippen molar-refractivity contribution in [2.45, 2.75) is 64.3 Å². The van der Waals surface area contributed by atoms with E-state index in [4.69, 9.17) is 42.6 Å². The number of fused-ring (bicyclic) bond motifs is 1. The van der Waals surface area contributed by atoms with Crippen molar-refractivity contribution >= 4 is 0 Å². The molecular formula is C41H48O11. The molecule has 0 amide bonds. The van der Waals surface area contributed by atoms with Crippen LogP contribution >= 0.6 is 0 Å². The van der Waals surface area contributed by atoms with Crippen molar-refractivity contribution in [1.29, 1.82) is 0 Å². The number of hydrogen-bond donors (Lipinski definition) is 2. The van der Waals surface area contributed by atoms with Gasteiger partial charge in [-0.05, 0) is 96.5 Å². The monoisotopic (exact) mass is 716 g/mol. The van der Waals surface area contributed by atoms with Crippen molar-refractivity contribution in [2.24, 2.45) is 11.8 Å². The van der Waals surface area contributed by atoms with Crippen molar-refractivity contribution < 1.29 is 52.8 Å². The Hall–Kier alpha value is -4.84. The van der Waals surface area contributed by atoms with E-state index >= 15 is 0 Å². The highest BCUT2D eigenvalue weighted by Gasteiger charge is 2.41. The maximum absolute atomic E-state index is 11.1. The first-order valence-electron chi connectivity index (χ1n) is 17.4.